The van der Waals surface area contributed by atoms with Crippen LogP contribution in [0.1, 0.15) is 38.3 Å². The molecule has 3 N–H and O–H groups in total. The maximum Gasteiger partial charge on any atom is 0.126 e. The Hall–Kier alpha value is -1.20. The molecular formula is C15H24N4S. The van der Waals surface area contributed by atoms with Gasteiger partial charge in [-0.3, -0.25) is 0 Å². The zero-order valence-corrected chi connectivity index (χ0v) is 13.0. The normalized spacial score (nSPS) is 19.8. The first-order valence-corrected chi connectivity index (χ1v) is 7.82. The minimum absolute atomic E-state index is 0.343. The summed E-state index contributed by atoms with van der Waals surface area (Å²) in [5.74, 6) is 0.849. The fourth-order valence-electron chi connectivity index (χ4n) is 2.66. The molecule has 5 heteroatoms. The van der Waals surface area contributed by atoms with E-state index in [2.05, 4.69) is 22.1 Å². The van der Waals surface area contributed by atoms with Crippen molar-refractivity contribution >= 4 is 23.0 Å². The first-order chi connectivity index (χ1) is 9.66. The molecule has 0 spiro atoms. The molecule has 1 aromatic rings. The first-order valence-electron chi connectivity index (χ1n) is 7.41. The summed E-state index contributed by atoms with van der Waals surface area (Å²) in [6, 6.07) is 6.45. The molecule has 0 bridgehead atoms. The van der Waals surface area contributed by atoms with Crippen LogP contribution >= 0.6 is 12.2 Å². The Morgan fingerprint density at radius 1 is 1.50 bits per heavy atom. The Bertz CT molecular complexity index is 449. The highest BCUT2D eigenvalue weighted by molar-refractivity contribution is 7.80. The highest BCUT2D eigenvalue weighted by Crippen LogP contribution is 2.16. The smallest absolute Gasteiger partial charge is 0.126 e. The Morgan fingerprint density at radius 3 is 3.10 bits per heavy atom. The molecule has 1 atom stereocenters. The van der Waals surface area contributed by atoms with E-state index in [0.717, 1.165) is 31.4 Å². The van der Waals surface area contributed by atoms with Crippen molar-refractivity contribution < 1.29 is 0 Å². The summed E-state index contributed by atoms with van der Waals surface area (Å²) in [6.07, 6.45) is 5.19. The fourth-order valence-corrected chi connectivity index (χ4v) is 2.77. The van der Waals surface area contributed by atoms with Crippen molar-refractivity contribution in [3.8, 4) is 0 Å². The van der Waals surface area contributed by atoms with Crippen molar-refractivity contribution in [1.29, 1.82) is 0 Å². The van der Waals surface area contributed by atoms with Crippen LogP contribution in [-0.2, 0) is 0 Å². The number of pyridine rings is 1. The molecule has 1 fully saturated rings. The summed E-state index contributed by atoms with van der Waals surface area (Å²) in [4.78, 5) is 7.31. The number of anilines is 1. The van der Waals surface area contributed by atoms with E-state index in [4.69, 9.17) is 18.0 Å². The molecule has 0 amide bonds. The SMILES string of the molecule is CC1CCCCN1CCCNc1cccc(C(N)=S)n1. The highest BCUT2D eigenvalue weighted by atomic mass is 32.1. The first kappa shape index (κ1) is 15.2. The van der Waals surface area contributed by atoms with E-state index in [1.165, 1.54) is 25.8 Å². The molecule has 2 rings (SSSR count). The van der Waals surface area contributed by atoms with Crippen LogP contribution in [0.15, 0.2) is 18.2 Å². The quantitative estimate of drug-likeness (QED) is 0.623. The van der Waals surface area contributed by atoms with Gasteiger partial charge in [0.1, 0.15) is 10.8 Å². The topological polar surface area (TPSA) is 54.2 Å². The lowest BCUT2D eigenvalue weighted by Crippen LogP contribution is -2.38. The summed E-state index contributed by atoms with van der Waals surface area (Å²) in [5.41, 5.74) is 6.26. The Balaban J connectivity index is 1.73. The highest BCUT2D eigenvalue weighted by Gasteiger charge is 2.16. The number of piperidine rings is 1. The van der Waals surface area contributed by atoms with E-state index in [-0.39, 0.29) is 0 Å². The molecule has 1 unspecified atom stereocenters. The largest absolute Gasteiger partial charge is 0.388 e. The molecule has 0 aromatic carbocycles. The van der Waals surface area contributed by atoms with Gasteiger partial charge in [-0.25, -0.2) is 4.98 Å². The van der Waals surface area contributed by atoms with Gasteiger partial charge in [0.05, 0.1) is 5.69 Å². The van der Waals surface area contributed by atoms with Crippen molar-refractivity contribution in [3.63, 3.8) is 0 Å². The van der Waals surface area contributed by atoms with Crippen LogP contribution in [0.2, 0.25) is 0 Å². The van der Waals surface area contributed by atoms with Crippen molar-refractivity contribution in [2.24, 2.45) is 5.73 Å². The zero-order valence-electron chi connectivity index (χ0n) is 12.1. The molecule has 1 aliphatic heterocycles. The van der Waals surface area contributed by atoms with Gasteiger partial charge in [-0.2, -0.15) is 0 Å². The molecule has 1 aliphatic rings. The van der Waals surface area contributed by atoms with E-state index in [9.17, 15) is 0 Å². The van der Waals surface area contributed by atoms with E-state index in [0.29, 0.717) is 10.7 Å². The standard InChI is InChI=1S/C15H24N4S/c1-12-6-2-3-10-19(12)11-5-9-17-14-8-4-7-13(18-14)15(16)20/h4,7-8,12H,2-3,5-6,9-11H2,1H3,(H2,16,20)(H,17,18). The second-order valence-electron chi connectivity index (χ2n) is 5.43. The lowest BCUT2D eigenvalue weighted by Gasteiger charge is -2.33. The van der Waals surface area contributed by atoms with E-state index >= 15 is 0 Å². The second-order valence-corrected chi connectivity index (χ2v) is 5.87. The van der Waals surface area contributed by atoms with Crippen LogP contribution in [0.3, 0.4) is 0 Å². The summed E-state index contributed by atoms with van der Waals surface area (Å²) in [5, 5.41) is 3.34. The van der Waals surface area contributed by atoms with Gasteiger partial charge in [-0.05, 0) is 44.9 Å². The molecule has 20 heavy (non-hydrogen) atoms. The van der Waals surface area contributed by atoms with Crippen molar-refractivity contribution in [3.05, 3.63) is 23.9 Å². The monoisotopic (exact) mass is 292 g/mol. The molecule has 0 saturated carbocycles. The van der Waals surface area contributed by atoms with Crippen LogP contribution in [0.5, 0.6) is 0 Å². The van der Waals surface area contributed by atoms with E-state index < -0.39 is 0 Å². The van der Waals surface area contributed by atoms with Crippen LogP contribution in [0.4, 0.5) is 5.82 Å². The van der Waals surface area contributed by atoms with Crippen LogP contribution in [-0.4, -0.2) is 40.5 Å². The van der Waals surface area contributed by atoms with Gasteiger partial charge < -0.3 is 16.0 Å². The van der Waals surface area contributed by atoms with Crippen LogP contribution in [0, 0.1) is 0 Å². The van der Waals surface area contributed by atoms with Gasteiger partial charge in [0.15, 0.2) is 0 Å². The van der Waals surface area contributed by atoms with E-state index in [1.54, 1.807) is 0 Å². The number of thiocarbonyl (C=S) groups is 1. The van der Waals surface area contributed by atoms with E-state index in [1.807, 2.05) is 18.2 Å². The Morgan fingerprint density at radius 2 is 2.35 bits per heavy atom. The number of nitrogens with zero attached hydrogens (tertiary/aromatic N) is 2. The number of likely N-dealkylation sites (tertiary alicyclic amines) is 1. The average molecular weight is 292 g/mol. The molecule has 0 aliphatic carbocycles. The summed E-state index contributed by atoms with van der Waals surface area (Å²) < 4.78 is 0. The van der Waals surface area contributed by atoms with Gasteiger partial charge in [0, 0.05) is 19.1 Å². The maximum absolute atomic E-state index is 5.58. The summed E-state index contributed by atoms with van der Waals surface area (Å²) >= 11 is 4.94. The molecule has 0 radical (unpaired) electrons. The van der Waals surface area contributed by atoms with Gasteiger partial charge in [-0.15, -0.1) is 0 Å². The average Bonchev–Trinajstić information content (AvgIpc) is 2.45. The summed E-state index contributed by atoms with van der Waals surface area (Å²) in [6.45, 7) is 5.66. The lowest BCUT2D eigenvalue weighted by atomic mass is 10.0. The van der Waals surface area contributed by atoms with Gasteiger partial charge >= 0.3 is 0 Å². The number of aromatic nitrogens is 1. The minimum Gasteiger partial charge on any atom is -0.388 e. The van der Waals surface area contributed by atoms with Crippen molar-refractivity contribution in [2.75, 3.05) is 25.0 Å². The molecular weight excluding hydrogens is 268 g/mol. The predicted molar refractivity (Wildman–Crippen MR) is 88.1 cm³/mol. The number of nitrogens with two attached hydrogens (primary N) is 1. The van der Waals surface area contributed by atoms with Gasteiger partial charge in [0.25, 0.3) is 0 Å². The molecule has 2 heterocycles. The lowest BCUT2D eigenvalue weighted by molar-refractivity contribution is 0.160. The number of hydrogen-bond acceptors (Lipinski definition) is 4. The van der Waals surface area contributed by atoms with Gasteiger partial charge in [-0.1, -0.05) is 24.7 Å². The predicted octanol–water partition coefficient (Wildman–Crippen LogP) is 2.39. The fraction of sp³-hybridized carbons (Fsp3) is 0.600. The van der Waals surface area contributed by atoms with Gasteiger partial charge in [0.2, 0.25) is 0 Å². The number of rotatable bonds is 6. The Labute approximate surface area is 126 Å². The second kappa shape index (κ2) is 7.55. The molecule has 110 valence electrons. The molecule has 1 saturated heterocycles. The van der Waals surface area contributed by atoms with Crippen LogP contribution < -0.4 is 11.1 Å². The van der Waals surface area contributed by atoms with Crippen molar-refractivity contribution in [1.82, 2.24) is 9.88 Å². The van der Waals surface area contributed by atoms with Crippen molar-refractivity contribution in [2.45, 2.75) is 38.6 Å². The minimum atomic E-state index is 0.343. The third-order valence-corrected chi connectivity index (χ3v) is 4.08. The molecule has 1 aromatic heterocycles. The third-order valence-electron chi connectivity index (χ3n) is 3.87. The zero-order chi connectivity index (χ0) is 14.4. The maximum atomic E-state index is 5.58. The number of hydrogen-bond donors (Lipinski definition) is 2. The third kappa shape index (κ3) is 4.42. The summed E-state index contributed by atoms with van der Waals surface area (Å²) in [7, 11) is 0. The Kier molecular flexibility index (Phi) is 5.73. The number of nitrogens with one attached hydrogen (secondary N) is 1. The molecule has 4 nitrogen and oxygen atoms in total. The van der Waals surface area contributed by atoms with Crippen LogP contribution in [0.25, 0.3) is 0 Å².